The lowest BCUT2D eigenvalue weighted by molar-refractivity contribution is -0.130. The number of carbonyl (C=O) groups is 1. The predicted octanol–water partition coefficient (Wildman–Crippen LogP) is 1.88. The Morgan fingerprint density at radius 3 is 2.69 bits per heavy atom. The quantitative estimate of drug-likeness (QED) is 0.750. The highest BCUT2D eigenvalue weighted by Crippen LogP contribution is 2.17. The van der Waals surface area contributed by atoms with Crippen LogP contribution in [0.4, 0.5) is 0 Å². The second-order valence-electron chi connectivity index (χ2n) is 5.30. The molecule has 0 aromatic rings. The van der Waals surface area contributed by atoms with Gasteiger partial charge in [-0.15, -0.1) is 0 Å². The van der Waals surface area contributed by atoms with Crippen molar-refractivity contribution in [2.45, 2.75) is 46.6 Å². The number of hydrogen-bond donors (Lipinski definition) is 1. The highest BCUT2D eigenvalue weighted by Gasteiger charge is 2.31. The predicted molar refractivity (Wildman–Crippen MR) is 67.3 cm³/mol. The van der Waals surface area contributed by atoms with Crippen molar-refractivity contribution in [1.82, 2.24) is 10.2 Å². The van der Waals surface area contributed by atoms with E-state index >= 15 is 0 Å². The number of likely N-dealkylation sites (tertiary alicyclic amines) is 1. The Kier molecular flexibility index (Phi) is 5.26. The summed E-state index contributed by atoms with van der Waals surface area (Å²) in [6.07, 6.45) is 2.07. The third-order valence-electron chi connectivity index (χ3n) is 3.58. The molecule has 0 saturated carbocycles. The molecule has 94 valence electrons. The molecule has 0 aromatic carbocycles. The maximum Gasteiger partial charge on any atom is 0.239 e. The van der Waals surface area contributed by atoms with Gasteiger partial charge in [0.2, 0.25) is 5.91 Å². The highest BCUT2D eigenvalue weighted by molar-refractivity contribution is 5.83. The van der Waals surface area contributed by atoms with Gasteiger partial charge in [-0.2, -0.15) is 0 Å². The van der Waals surface area contributed by atoms with Gasteiger partial charge in [0.15, 0.2) is 0 Å². The number of hydrogen-bond acceptors (Lipinski definition) is 2. The van der Waals surface area contributed by atoms with E-state index < -0.39 is 0 Å². The van der Waals surface area contributed by atoms with Crippen LogP contribution in [-0.2, 0) is 4.79 Å². The molecule has 1 rings (SSSR count). The van der Waals surface area contributed by atoms with E-state index in [1.54, 1.807) is 0 Å². The lowest BCUT2D eigenvalue weighted by Gasteiger charge is -2.23. The minimum absolute atomic E-state index is 0.0827. The van der Waals surface area contributed by atoms with Crippen LogP contribution in [0.5, 0.6) is 0 Å². The molecule has 1 N–H and O–H groups in total. The molecule has 3 heteroatoms. The average Bonchev–Trinajstić information content (AvgIpc) is 2.57. The molecule has 3 nitrogen and oxygen atoms in total. The fourth-order valence-corrected chi connectivity index (χ4v) is 1.99. The summed E-state index contributed by atoms with van der Waals surface area (Å²) >= 11 is 0. The van der Waals surface area contributed by atoms with E-state index in [9.17, 15) is 4.79 Å². The molecule has 1 saturated heterocycles. The molecule has 1 aliphatic heterocycles. The third kappa shape index (κ3) is 3.48. The van der Waals surface area contributed by atoms with Gasteiger partial charge in [-0.3, -0.25) is 4.79 Å². The molecule has 16 heavy (non-hydrogen) atoms. The third-order valence-corrected chi connectivity index (χ3v) is 3.58. The first-order valence-corrected chi connectivity index (χ1v) is 6.58. The molecule has 0 spiro atoms. The van der Waals surface area contributed by atoms with Gasteiger partial charge in [-0.1, -0.05) is 27.7 Å². The van der Waals surface area contributed by atoms with Crippen molar-refractivity contribution in [2.24, 2.45) is 11.8 Å². The van der Waals surface area contributed by atoms with Gasteiger partial charge in [-0.05, 0) is 31.2 Å². The van der Waals surface area contributed by atoms with Crippen LogP contribution in [0.1, 0.15) is 40.5 Å². The lowest BCUT2D eigenvalue weighted by Crippen LogP contribution is -2.40. The fraction of sp³-hybridized carbons (Fsp3) is 0.923. The van der Waals surface area contributed by atoms with Crippen molar-refractivity contribution in [3.8, 4) is 0 Å². The summed E-state index contributed by atoms with van der Waals surface area (Å²) < 4.78 is 0. The van der Waals surface area contributed by atoms with E-state index in [1.165, 1.54) is 0 Å². The molecule has 1 amide bonds. The zero-order chi connectivity index (χ0) is 12.1. The Morgan fingerprint density at radius 1 is 1.44 bits per heavy atom. The number of nitrogens with zero attached hydrogens (tertiary/aromatic N) is 1. The summed E-state index contributed by atoms with van der Waals surface area (Å²) in [5.74, 6) is 1.55. The van der Waals surface area contributed by atoms with Gasteiger partial charge in [0.1, 0.15) is 0 Å². The molecule has 2 atom stereocenters. The number of carbonyl (C=O) groups excluding carboxylic acids is 1. The molecule has 1 aliphatic rings. The first kappa shape index (κ1) is 13.5. The molecule has 1 heterocycles. The van der Waals surface area contributed by atoms with Crippen LogP contribution in [0.2, 0.25) is 0 Å². The Bertz CT molecular complexity index is 228. The van der Waals surface area contributed by atoms with Crippen LogP contribution >= 0.6 is 0 Å². The summed E-state index contributed by atoms with van der Waals surface area (Å²) in [5.41, 5.74) is 0. The lowest BCUT2D eigenvalue weighted by atomic mass is 9.98. The number of rotatable bonds is 6. The van der Waals surface area contributed by atoms with Crippen molar-refractivity contribution in [3.63, 3.8) is 0 Å². The molecular formula is C13H26N2O. The summed E-state index contributed by atoms with van der Waals surface area (Å²) in [6.45, 7) is 11.6. The summed E-state index contributed by atoms with van der Waals surface area (Å²) in [5, 5.41) is 3.32. The van der Waals surface area contributed by atoms with E-state index in [-0.39, 0.29) is 6.04 Å². The summed E-state index contributed by atoms with van der Waals surface area (Å²) in [7, 11) is 0. The first-order chi connectivity index (χ1) is 7.56. The molecular weight excluding hydrogens is 200 g/mol. The standard InChI is InChI=1S/C13H26N2O/c1-5-7-14-12-6-8-15(13(12)16)9-11(4)10(2)3/h10-12,14H,5-9H2,1-4H3. The summed E-state index contributed by atoms with van der Waals surface area (Å²) in [6, 6.07) is 0.0827. The molecule has 0 aromatic heterocycles. The zero-order valence-electron chi connectivity index (χ0n) is 11.1. The largest absolute Gasteiger partial charge is 0.341 e. The minimum atomic E-state index is 0.0827. The van der Waals surface area contributed by atoms with Crippen molar-refractivity contribution in [3.05, 3.63) is 0 Å². The van der Waals surface area contributed by atoms with E-state index in [4.69, 9.17) is 0 Å². The normalized spacial score (nSPS) is 23.2. The van der Waals surface area contributed by atoms with E-state index in [0.29, 0.717) is 17.7 Å². The van der Waals surface area contributed by atoms with Crippen molar-refractivity contribution < 1.29 is 4.79 Å². The fourth-order valence-electron chi connectivity index (χ4n) is 1.99. The Morgan fingerprint density at radius 2 is 2.12 bits per heavy atom. The molecule has 0 aliphatic carbocycles. The highest BCUT2D eigenvalue weighted by atomic mass is 16.2. The molecule has 0 radical (unpaired) electrons. The smallest absolute Gasteiger partial charge is 0.239 e. The van der Waals surface area contributed by atoms with Crippen LogP contribution in [0.3, 0.4) is 0 Å². The Hall–Kier alpha value is -0.570. The number of amides is 1. The monoisotopic (exact) mass is 226 g/mol. The van der Waals surface area contributed by atoms with Gasteiger partial charge < -0.3 is 10.2 Å². The van der Waals surface area contributed by atoms with Crippen LogP contribution < -0.4 is 5.32 Å². The van der Waals surface area contributed by atoms with Gasteiger partial charge in [0, 0.05) is 13.1 Å². The Labute approximate surface area is 99.6 Å². The van der Waals surface area contributed by atoms with Gasteiger partial charge in [0.05, 0.1) is 6.04 Å². The van der Waals surface area contributed by atoms with Crippen molar-refractivity contribution >= 4 is 5.91 Å². The SMILES string of the molecule is CCCNC1CCN(CC(C)C(C)C)C1=O. The first-order valence-electron chi connectivity index (χ1n) is 6.58. The van der Waals surface area contributed by atoms with Crippen molar-refractivity contribution in [1.29, 1.82) is 0 Å². The van der Waals surface area contributed by atoms with Crippen molar-refractivity contribution in [2.75, 3.05) is 19.6 Å². The van der Waals surface area contributed by atoms with E-state index in [0.717, 1.165) is 32.5 Å². The average molecular weight is 226 g/mol. The zero-order valence-corrected chi connectivity index (χ0v) is 11.1. The van der Waals surface area contributed by atoms with Gasteiger partial charge >= 0.3 is 0 Å². The van der Waals surface area contributed by atoms with E-state index in [2.05, 4.69) is 33.0 Å². The van der Waals surface area contributed by atoms with Crippen LogP contribution in [0, 0.1) is 11.8 Å². The minimum Gasteiger partial charge on any atom is -0.341 e. The second-order valence-corrected chi connectivity index (χ2v) is 5.30. The van der Waals surface area contributed by atoms with Crippen LogP contribution in [-0.4, -0.2) is 36.5 Å². The van der Waals surface area contributed by atoms with E-state index in [1.807, 2.05) is 4.90 Å². The molecule has 0 bridgehead atoms. The van der Waals surface area contributed by atoms with Crippen LogP contribution in [0.15, 0.2) is 0 Å². The Balaban J connectivity index is 2.38. The molecule has 1 fully saturated rings. The second kappa shape index (κ2) is 6.24. The summed E-state index contributed by atoms with van der Waals surface area (Å²) in [4.78, 5) is 14.1. The maximum absolute atomic E-state index is 12.0. The molecule has 2 unspecified atom stereocenters. The van der Waals surface area contributed by atoms with Gasteiger partial charge in [-0.25, -0.2) is 0 Å². The van der Waals surface area contributed by atoms with Crippen LogP contribution in [0.25, 0.3) is 0 Å². The van der Waals surface area contributed by atoms with Gasteiger partial charge in [0.25, 0.3) is 0 Å². The maximum atomic E-state index is 12.0. The topological polar surface area (TPSA) is 32.3 Å². The number of nitrogens with one attached hydrogen (secondary N) is 1.